The molecule has 5 nitrogen and oxygen atoms in total. The van der Waals surface area contributed by atoms with Gasteiger partial charge >= 0.3 is 0 Å². The second-order valence-corrected chi connectivity index (χ2v) is 8.07. The van der Waals surface area contributed by atoms with Crippen molar-refractivity contribution in [1.82, 2.24) is 14.5 Å². The Hall–Kier alpha value is -1.73. The van der Waals surface area contributed by atoms with Crippen LogP contribution in [0.4, 0.5) is 4.39 Å². The number of hydrogen-bond acceptors (Lipinski definition) is 3. The second-order valence-electron chi connectivity index (χ2n) is 5.81. The number of rotatable bonds is 4. The van der Waals surface area contributed by atoms with E-state index in [-0.39, 0.29) is 17.5 Å². The number of benzene rings is 1. The van der Waals surface area contributed by atoms with Gasteiger partial charge in [-0.2, -0.15) is 5.10 Å². The number of aromatic amines is 1. The maximum atomic E-state index is 13.0. The highest BCUT2D eigenvalue weighted by Crippen LogP contribution is 2.29. The molecular formula is C16H20FN3O2S. The molecule has 0 amide bonds. The summed E-state index contributed by atoms with van der Waals surface area (Å²) in [5.41, 5.74) is 2.51. The molecule has 3 rings (SSSR count). The fourth-order valence-corrected chi connectivity index (χ4v) is 4.13. The third-order valence-electron chi connectivity index (χ3n) is 4.32. The van der Waals surface area contributed by atoms with Gasteiger partial charge in [-0.05, 0) is 50.1 Å². The molecule has 0 saturated carbocycles. The Bertz CT molecular complexity index is 771. The van der Waals surface area contributed by atoms with E-state index in [0.717, 1.165) is 29.8 Å². The Kier molecular flexibility index (Phi) is 4.50. The maximum absolute atomic E-state index is 13.0. The summed E-state index contributed by atoms with van der Waals surface area (Å²) in [5, 5.41) is 7.30. The lowest BCUT2D eigenvalue weighted by Crippen LogP contribution is -2.39. The molecule has 0 unspecified atom stereocenters. The van der Waals surface area contributed by atoms with Gasteiger partial charge in [0.2, 0.25) is 10.0 Å². The number of H-pyrrole nitrogens is 1. The summed E-state index contributed by atoms with van der Waals surface area (Å²) in [7, 11) is -3.15. The van der Waals surface area contributed by atoms with E-state index >= 15 is 0 Å². The zero-order valence-corrected chi connectivity index (χ0v) is 13.8. The number of hydrogen-bond donors (Lipinski definition) is 1. The van der Waals surface area contributed by atoms with Crippen molar-refractivity contribution in [3.8, 4) is 11.3 Å². The summed E-state index contributed by atoms with van der Waals surface area (Å²) in [6.07, 6.45) is 1.77. The van der Waals surface area contributed by atoms with Crippen LogP contribution in [-0.2, 0) is 10.0 Å². The van der Waals surface area contributed by atoms with Crippen LogP contribution in [0.1, 0.15) is 31.4 Å². The first kappa shape index (κ1) is 16.1. The highest BCUT2D eigenvalue weighted by atomic mass is 32.2. The number of piperidine rings is 1. The molecule has 0 radical (unpaired) electrons. The first-order valence-electron chi connectivity index (χ1n) is 7.78. The molecule has 1 N–H and O–H groups in total. The Morgan fingerprint density at radius 3 is 2.78 bits per heavy atom. The molecule has 1 saturated heterocycles. The average molecular weight is 337 g/mol. The Balaban J connectivity index is 1.79. The molecule has 1 aromatic heterocycles. The van der Waals surface area contributed by atoms with Crippen LogP contribution < -0.4 is 0 Å². The highest BCUT2D eigenvalue weighted by Gasteiger charge is 2.29. The number of halogens is 1. The molecule has 7 heteroatoms. The minimum atomic E-state index is -3.15. The van der Waals surface area contributed by atoms with Gasteiger partial charge in [0.25, 0.3) is 0 Å². The van der Waals surface area contributed by atoms with Crippen LogP contribution in [-0.4, -0.2) is 41.8 Å². The van der Waals surface area contributed by atoms with E-state index in [1.807, 2.05) is 6.07 Å². The van der Waals surface area contributed by atoms with Gasteiger partial charge in [-0.1, -0.05) is 0 Å². The Labute approximate surface area is 135 Å². The van der Waals surface area contributed by atoms with E-state index in [2.05, 4.69) is 10.2 Å². The molecule has 0 spiro atoms. The summed E-state index contributed by atoms with van der Waals surface area (Å²) < 4.78 is 38.7. The monoisotopic (exact) mass is 337 g/mol. The molecule has 1 aliphatic rings. The fourth-order valence-electron chi connectivity index (χ4n) is 2.95. The normalized spacial score (nSPS) is 19.8. The lowest BCUT2D eigenvalue weighted by molar-refractivity contribution is 0.313. The molecule has 1 aliphatic heterocycles. The van der Waals surface area contributed by atoms with Gasteiger partial charge in [0, 0.05) is 30.3 Å². The van der Waals surface area contributed by atoms with Gasteiger partial charge in [-0.3, -0.25) is 5.10 Å². The second kappa shape index (κ2) is 6.41. The smallest absolute Gasteiger partial charge is 0.213 e. The minimum Gasteiger partial charge on any atom is -0.282 e. The average Bonchev–Trinajstić information content (AvgIpc) is 3.06. The first-order valence-corrected chi connectivity index (χ1v) is 9.39. The van der Waals surface area contributed by atoms with Crippen molar-refractivity contribution in [3.63, 3.8) is 0 Å². The van der Waals surface area contributed by atoms with Crippen molar-refractivity contribution in [2.24, 2.45) is 0 Å². The zero-order valence-electron chi connectivity index (χ0n) is 13.0. The lowest BCUT2D eigenvalue weighted by Gasteiger charge is -2.31. The van der Waals surface area contributed by atoms with E-state index in [1.54, 1.807) is 23.4 Å². The summed E-state index contributed by atoms with van der Waals surface area (Å²) in [6.45, 7) is 2.74. The van der Waals surface area contributed by atoms with E-state index < -0.39 is 10.0 Å². The Morgan fingerprint density at radius 2 is 2.09 bits per heavy atom. The third-order valence-corrected chi connectivity index (χ3v) is 6.17. The largest absolute Gasteiger partial charge is 0.282 e. The van der Waals surface area contributed by atoms with Gasteiger partial charge in [-0.25, -0.2) is 17.1 Å². The van der Waals surface area contributed by atoms with Gasteiger partial charge in [-0.15, -0.1) is 0 Å². The third kappa shape index (κ3) is 3.45. The summed E-state index contributed by atoms with van der Waals surface area (Å²) in [6, 6.07) is 8.10. The number of nitrogens with zero attached hydrogens (tertiary/aromatic N) is 2. The van der Waals surface area contributed by atoms with Gasteiger partial charge in [0.05, 0.1) is 11.4 Å². The molecule has 0 bridgehead atoms. The van der Waals surface area contributed by atoms with Crippen LogP contribution >= 0.6 is 0 Å². The SMILES string of the molecule is CCS(=O)(=O)N1CCC[C@@H](c2cc(-c3ccc(F)cc3)n[nH]2)C1. The molecule has 2 aromatic rings. The molecule has 1 atom stereocenters. The van der Waals surface area contributed by atoms with Crippen molar-refractivity contribution in [1.29, 1.82) is 0 Å². The first-order chi connectivity index (χ1) is 11.0. The highest BCUT2D eigenvalue weighted by molar-refractivity contribution is 7.89. The lowest BCUT2D eigenvalue weighted by atomic mass is 9.96. The summed E-state index contributed by atoms with van der Waals surface area (Å²) >= 11 is 0. The number of nitrogens with one attached hydrogen (secondary N) is 1. The van der Waals surface area contributed by atoms with Crippen molar-refractivity contribution in [3.05, 3.63) is 41.8 Å². The molecule has 124 valence electrons. The summed E-state index contributed by atoms with van der Waals surface area (Å²) in [5.74, 6) is -0.0345. The van der Waals surface area contributed by atoms with Crippen molar-refractivity contribution in [2.75, 3.05) is 18.8 Å². The maximum Gasteiger partial charge on any atom is 0.213 e. The topological polar surface area (TPSA) is 66.1 Å². The predicted molar refractivity (Wildman–Crippen MR) is 87.0 cm³/mol. The minimum absolute atomic E-state index is 0.117. The number of sulfonamides is 1. The van der Waals surface area contributed by atoms with Crippen molar-refractivity contribution < 1.29 is 12.8 Å². The quantitative estimate of drug-likeness (QED) is 0.933. The molecule has 1 aromatic carbocycles. The molecule has 2 heterocycles. The van der Waals surface area contributed by atoms with Crippen LogP contribution in [0, 0.1) is 5.82 Å². The number of aromatic nitrogens is 2. The standard InChI is InChI=1S/C16H20FN3O2S/c1-2-23(21,22)20-9-3-4-13(11-20)16-10-15(18-19-16)12-5-7-14(17)8-6-12/h5-8,10,13H,2-4,9,11H2,1H3,(H,18,19)/t13-/m1/s1. The predicted octanol–water partition coefficient (Wildman–Crippen LogP) is 2.74. The van der Waals surface area contributed by atoms with E-state index in [9.17, 15) is 12.8 Å². The van der Waals surface area contributed by atoms with Crippen LogP contribution in [0.5, 0.6) is 0 Å². The van der Waals surface area contributed by atoms with Crippen LogP contribution in [0.25, 0.3) is 11.3 Å². The van der Waals surface area contributed by atoms with Crippen molar-refractivity contribution in [2.45, 2.75) is 25.7 Å². The molecular weight excluding hydrogens is 317 g/mol. The van der Waals surface area contributed by atoms with Crippen LogP contribution in [0.2, 0.25) is 0 Å². The van der Waals surface area contributed by atoms with E-state index in [4.69, 9.17) is 0 Å². The van der Waals surface area contributed by atoms with Crippen molar-refractivity contribution >= 4 is 10.0 Å². The van der Waals surface area contributed by atoms with Gasteiger partial charge in [0.15, 0.2) is 0 Å². The fraction of sp³-hybridized carbons (Fsp3) is 0.438. The van der Waals surface area contributed by atoms with Gasteiger partial charge in [0.1, 0.15) is 5.82 Å². The molecule has 1 fully saturated rings. The van der Waals surface area contributed by atoms with E-state index in [1.165, 1.54) is 12.1 Å². The van der Waals surface area contributed by atoms with Crippen LogP contribution in [0.3, 0.4) is 0 Å². The Morgan fingerprint density at radius 1 is 1.35 bits per heavy atom. The van der Waals surface area contributed by atoms with Gasteiger partial charge < -0.3 is 0 Å². The van der Waals surface area contributed by atoms with Crippen LogP contribution in [0.15, 0.2) is 30.3 Å². The van der Waals surface area contributed by atoms with E-state index in [0.29, 0.717) is 13.1 Å². The molecule has 0 aliphatic carbocycles. The zero-order chi connectivity index (χ0) is 16.4. The molecule has 23 heavy (non-hydrogen) atoms. The summed E-state index contributed by atoms with van der Waals surface area (Å²) in [4.78, 5) is 0.